The minimum absolute atomic E-state index is 0.625. The van der Waals surface area contributed by atoms with Crippen molar-refractivity contribution in [1.82, 2.24) is 5.43 Å². The summed E-state index contributed by atoms with van der Waals surface area (Å²) in [5.41, 5.74) is 3.74. The zero-order valence-corrected chi connectivity index (χ0v) is 14.9. The molecule has 1 N–H and O–H groups in total. The monoisotopic (exact) mass is 320 g/mol. The van der Waals surface area contributed by atoms with E-state index in [2.05, 4.69) is 17.5 Å². The highest BCUT2D eigenvalue weighted by Crippen LogP contribution is 2.28. The van der Waals surface area contributed by atoms with Crippen LogP contribution in [0.25, 0.3) is 0 Å². The van der Waals surface area contributed by atoms with Crippen LogP contribution in [-0.4, -0.2) is 26.5 Å². The fourth-order valence-electron chi connectivity index (χ4n) is 2.37. The molecule has 0 heterocycles. The fourth-order valence-corrected chi connectivity index (χ4v) is 2.37. The molecule has 0 spiro atoms. The molecule has 0 amide bonds. The minimum Gasteiger partial charge on any atom is -0.490 e. The Labute approximate surface area is 141 Å². The largest absolute Gasteiger partial charge is 0.490 e. The second-order valence-corrected chi connectivity index (χ2v) is 5.59. The van der Waals surface area contributed by atoms with Crippen LogP contribution in [-0.2, 0) is 0 Å². The first-order valence-electron chi connectivity index (χ1n) is 8.91. The number of hydrazone groups is 1. The number of unbranched alkanes of at least 4 members (excludes halogenated alkanes) is 6. The molecule has 0 aromatic heterocycles. The van der Waals surface area contributed by atoms with Gasteiger partial charge in [-0.3, -0.25) is 0 Å². The molecule has 0 aliphatic rings. The van der Waals surface area contributed by atoms with E-state index in [-0.39, 0.29) is 0 Å². The second-order valence-electron chi connectivity index (χ2n) is 5.59. The maximum Gasteiger partial charge on any atom is 0.161 e. The first-order chi connectivity index (χ1) is 11.3. The van der Waals surface area contributed by atoms with Crippen LogP contribution in [0.15, 0.2) is 23.3 Å². The van der Waals surface area contributed by atoms with Crippen LogP contribution in [0.3, 0.4) is 0 Å². The van der Waals surface area contributed by atoms with E-state index in [1.54, 1.807) is 13.3 Å². The Balaban J connectivity index is 2.38. The molecule has 1 rings (SSSR count). The van der Waals surface area contributed by atoms with Crippen molar-refractivity contribution in [3.63, 3.8) is 0 Å². The Hall–Kier alpha value is -1.71. The highest BCUT2D eigenvalue weighted by molar-refractivity contribution is 5.80. The van der Waals surface area contributed by atoms with Crippen LogP contribution in [0.2, 0.25) is 0 Å². The van der Waals surface area contributed by atoms with Crippen LogP contribution in [0.5, 0.6) is 11.5 Å². The van der Waals surface area contributed by atoms with Gasteiger partial charge >= 0.3 is 0 Å². The van der Waals surface area contributed by atoms with E-state index < -0.39 is 0 Å². The summed E-state index contributed by atoms with van der Waals surface area (Å²) in [6.07, 6.45) is 10.8. The van der Waals surface area contributed by atoms with Gasteiger partial charge in [0, 0.05) is 7.05 Å². The van der Waals surface area contributed by atoms with E-state index in [0.29, 0.717) is 6.61 Å². The number of benzene rings is 1. The van der Waals surface area contributed by atoms with Gasteiger partial charge in [0.2, 0.25) is 0 Å². The van der Waals surface area contributed by atoms with Crippen LogP contribution in [0, 0.1) is 0 Å². The van der Waals surface area contributed by atoms with E-state index in [4.69, 9.17) is 9.47 Å². The van der Waals surface area contributed by atoms with Crippen molar-refractivity contribution < 1.29 is 9.47 Å². The number of hydrogen-bond acceptors (Lipinski definition) is 4. The summed E-state index contributed by atoms with van der Waals surface area (Å²) < 4.78 is 11.6. The second kappa shape index (κ2) is 12.8. The summed E-state index contributed by atoms with van der Waals surface area (Å²) in [7, 11) is 1.78. The molecular weight excluding hydrogens is 288 g/mol. The molecule has 23 heavy (non-hydrogen) atoms. The highest BCUT2D eigenvalue weighted by Gasteiger charge is 2.06. The maximum atomic E-state index is 5.89. The number of ether oxygens (including phenoxy) is 2. The van der Waals surface area contributed by atoms with Gasteiger partial charge in [0.15, 0.2) is 11.5 Å². The van der Waals surface area contributed by atoms with Gasteiger partial charge in [0.05, 0.1) is 19.4 Å². The highest BCUT2D eigenvalue weighted by atomic mass is 16.5. The summed E-state index contributed by atoms with van der Waals surface area (Å²) in [5.74, 6) is 1.61. The lowest BCUT2D eigenvalue weighted by Crippen LogP contribution is -2.02. The summed E-state index contributed by atoms with van der Waals surface area (Å²) in [5, 5.41) is 4.02. The van der Waals surface area contributed by atoms with E-state index in [1.807, 2.05) is 25.1 Å². The predicted molar refractivity (Wildman–Crippen MR) is 97.8 cm³/mol. The normalized spacial score (nSPS) is 10.9. The first kappa shape index (κ1) is 19.3. The number of nitrogens with zero attached hydrogens (tertiary/aromatic N) is 1. The van der Waals surface area contributed by atoms with Crippen molar-refractivity contribution >= 4 is 6.21 Å². The van der Waals surface area contributed by atoms with Gasteiger partial charge < -0.3 is 14.9 Å². The van der Waals surface area contributed by atoms with Crippen LogP contribution in [0.1, 0.15) is 64.4 Å². The van der Waals surface area contributed by atoms with Crippen molar-refractivity contribution in [2.45, 2.75) is 58.8 Å². The molecule has 0 saturated carbocycles. The van der Waals surface area contributed by atoms with Gasteiger partial charge in [-0.15, -0.1) is 0 Å². The van der Waals surface area contributed by atoms with Crippen molar-refractivity contribution in [3.8, 4) is 11.5 Å². The molecular formula is C19H32N2O2. The molecule has 0 aliphatic heterocycles. The van der Waals surface area contributed by atoms with Crippen LogP contribution < -0.4 is 14.9 Å². The Bertz CT molecular complexity index is 447. The molecule has 0 atom stereocenters. The smallest absolute Gasteiger partial charge is 0.161 e. The number of nitrogens with one attached hydrogen (secondary N) is 1. The lowest BCUT2D eigenvalue weighted by atomic mass is 10.1. The molecule has 130 valence electrons. The third-order valence-corrected chi connectivity index (χ3v) is 3.62. The summed E-state index contributed by atoms with van der Waals surface area (Å²) >= 11 is 0. The Morgan fingerprint density at radius 3 is 2.39 bits per heavy atom. The average Bonchev–Trinajstić information content (AvgIpc) is 2.57. The third-order valence-electron chi connectivity index (χ3n) is 3.62. The Morgan fingerprint density at radius 2 is 1.70 bits per heavy atom. The van der Waals surface area contributed by atoms with Crippen LogP contribution in [0.4, 0.5) is 0 Å². The van der Waals surface area contributed by atoms with Gasteiger partial charge in [-0.25, -0.2) is 0 Å². The molecule has 4 nitrogen and oxygen atoms in total. The van der Waals surface area contributed by atoms with E-state index in [1.165, 1.54) is 38.5 Å². The van der Waals surface area contributed by atoms with Gasteiger partial charge in [0.1, 0.15) is 0 Å². The molecule has 0 unspecified atom stereocenters. The van der Waals surface area contributed by atoms with Crippen LogP contribution >= 0.6 is 0 Å². The lowest BCUT2D eigenvalue weighted by Gasteiger charge is -2.12. The summed E-state index contributed by atoms with van der Waals surface area (Å²) in [4.78, 5) is 0. The summed E-state index contributed by atoms with van der Waals surface area (Å²) in [6, 6.07) is 5.91. The quantitative estimate of drug-likeness (QED) is 0.323. The lowest BCUT2D eigenvalue weighted by molar-refractivity contribution is 0.270. The van der Waals surface area contributed by atoms with E-state index in [0.717, 1.165) is 30.1 Å². The molecule has 0 saturated heterocycles. The zero-order chi connectivity index (χ0) is 16.8. The summed E-state index contributed by atoms with van der Waals surface area (Å²) in [6.45, 7) is 5.60. The molecule has 0 radical (unpaired) electrons. The fraction of sp³-hybridized carbons (Fsp3) is 0.632. The Morgan fingerprint density at radius 1 is 0.957 bits per heavy atom. The average molecular weight is 320 g/mol. The molecule has 1 aromatic carbocycles. The predicted octanol–water partition coefficient (Wildman–Crippen LogP) is 4.77. The number of rotatable bonds is 13. The maximum absolute atomic E-state index is 5.89. The third kappa shape index (κ3) is 8.48. The molecule has 0 fully saturated rings. The molecule has 0 bridgehead atoms. The molecule has 0 aliphatic carbocycles. The van der Waals surface area contributed by atoms with Gasteiger partial charge in [-0.1, -0.05) is 45.4 Å². The Kier molecular flexibility index (Phi) is 10.8. The van der Waals surface area contributed by atoms with Crippen molar-refractivity contribution in [2.24, 2.45) is 5.10 Å². The number of hydrogen-bond donors (Lipinski definition) is 1. The van der Waals surface area contributed by atoms with E-state index in [9.17, 15) is 0 Å². The SMILES string of the molecule is CCCCCCCCCOc1ccc(/C=N/NC)cc1OCC. The van der Waals surface area contributed by atoms with Crippen molar-refractivity contribution in [1.29, 1.82) is 0 Å². The topological polar surface area (TPSA) is 42.8 Å². The van der Waals surface area contributed by atoms with Crippen molar-refractivity contribution in [3.05, 3.63) is 23.8 Å². The zero-order valence-electron chi connectivity index (χ0n) is 14.9. The first-order valence-corrected chi connectivity index (χ1v) is 8.91. The van der Waals surface area contributed by atoms with Gasteiger partial charge in [-0.2, -0.15) is 5.10 Å². The van der Waals surface area contributed by atoms with Gasteiger partial charge in [-0.05, 0) is 37.1 Å². The minimum atomic E-state index is 0.625. The standard InChI is InChI=1S/C19H32N2O2/c1-4-6-7-8-9-10-11-14-23-18-13-12-17(16-21-20-3)15-19(18)22-5-2/h12-13,15-16,20H,4-11,14H2,1-3H3/b21-16+. The van der Waals surface area contributed by atoms with Gasteiger partial charge in [0.25, 0.3) is 0 Å². The van der Waals surface area contributed by atoms with Crippen molar-refractivity contribution in [2.75, 3.05) is 20.3 Å². The van der Waals surface area contributed by atoms with E-state index >= 15 is 0 Å². The molecule has 1 aromatic rings. The molecule has 4 heteroatoms.